The first kappa shape index (κ1) is 13.0. The van der Waals surface area contributed by atoms with Crippen molar-refractivity contribution in [2.24, 2.45) is 0 Å². The molecule has 0 aliphatic rings. The Labute approximate surface area is 101 Å². The van der Waals surface area contributed by atoms with E-state index in [9.17, 15) is 4.79 Å². The monoisotopic (exact) mass is 232 g/mol. The number of hydrogen-bond acceptors (Lipinski definition) is 4. The second-order valence-corrected chi connectivity index (χ2v) is 3.93. The Bertz CT molecular complexity index is 423. The van der Waals surface area contributed by atoms with Crippen molar-refractivity contribution in [2.75, 3.05) is 11.9 Å². The number of hydrogen-bond donors (Lipinski definition) is 2. The van der Waals surface area contributed by atoms with Crippen LogP contribution in [0.3, 0.4) is 0 Å². The maximum Gasteiger partial charge on any atom is 0.221 e. The summed E-state index contributed by atoms with van der Waals surface area (Å²) in [6, 6.07) is 3.85. The molecule has 0 radical (unpaired) electrons. The van der Waals surface area contributed by atoms with E-state index in [2.05, 4.69) is 21.7 Å². The van der Waals surface area contributed by atoms with Crippen LogP contribution in [-0.4, -0.2) is 23.5 Å². The van der Waals surface area contributed by atoms with Crippen molar-refractivity contribution in [2.45, 2.75) is 26.3 Å². The Morgan fingerprint density at radius 1 is 1.59 bits per heavy atom. The molecule has 0 unspecified atom stereocenters. The minimum Gasteiger partial charge on any atom is -0.382 e. The van der Waals surface area contributed by atoms with Gasteiger partial charge in [-0.1, -0.05) is 0 Å². The highest BCUT2D eigenvalue weighted by molar-refractivity contribution is 5.76. The molecule has 0 aliphatic heterocycles. The van der Waals surface area contributed by atoms with Gasteiger partial charge in [0.05, 0.1) is 17.4 Å². The molecule has 0 saturated carbocycles. The molecule has 0 aliphatic carbocycles. The lowest BCUT2D eigenvalue weighted by molar-refractivity contribution is -0.121. The molecule has 0 saturated heterocycles. The third-order valence-corrected chi connectivity index (χ3v) is 2.06. The number of anilines is 1. The van der Waals surface area contributed by atoms with Gasteiger partial charge in [-0.3, -0.25) is 9.78 Å². The quantitative estimate of drug-likeness (QED) is 0.801. The minimum atomic E-state index is -0.00472. The van der Waals surface area contributed by atoms with Crippen LogP contribution in [0, 0.1) is 11.3 Å². The van der Waals surface area contributed by atoms with Crippen molar-refractivity contribution < 1.29 is 4.79 Å². The predicted molar refractivity (Wildman–Crippen MR) is 65.3 cm³/mol. The molecular formula is C12H16N4O. The molecule has 5 nitrogen and oxygen atoms in total. The van der Waals surface area contributed by atoms with Gasteiger partial charge in [-0.05, 0) is 19.9 Å². The number of pyridine rings is 1. The molecule has 17 heavy (non-hydrogen) atoms. The van der Waals surface area contributed by atoms with Crippen molar-refractivity contribution in [3.8, 4) is 6.07 Å². The molecule has 5 heteroatoms. The van der Waals surface area contributed by atoms with Crippen LogP contribution >= 0.6 is 0 Å². The highest BCUT2D eigenvalue weighted by Gasteiger charge is 2.04. The summed E-state index contributed by atoms with van der Waals surface area (Å²) in [6.07, 6.45) is 3.52. The number of aromatic nitrogens is 1. The topological polar surface area (TPSA) is 77.8 Å². The lowest BCUT2D eigenvalue weighted by Gasteiger charge is -2.09. The van der Waals surface area contributed by atoms with Crippen LogP contribution < -0.4 is 10.6 Å². The van der Waals surface area contributed by atoms with E-state index >= 15 is 0 Å². The molecule has 0 spiro atoms. The number of amides is 1. The second-order valence-electron chi connectivity index (χ2n) is 3.93. The van der Waals surface area contributed by atoms with Crippen LogP contribution in [0.5, 0.6) is 0 Å². The smallest absolute Gasteiger partial charge is 0.221 e. The average Bonchev–Trinajstić information content (AvgIpc) is 2.28. The summed E-state index contributed by atoms with van der Waals surface area (Å²) >= 11 is 0. The lowest BCUT2D eigenvalue weighted by atomic mass is 10.2. The second kappa shape index (κ2) is 6.48. The molecule has 1 aromatic rings. The maximum absolute atomic E-state index is 11.4. The summed E-state index contributed by atoms with van der Waals surface area (Å²) in [6.45, 7) is 4.32. The van der Waals surface area contributed by atoms with E-state index in [-0.39, 0.29) is 11.9 Å². The molecule has 2 N–H and O–H groups in total. The van der Waals surface area contributed by atoms with Gasteiger partial charge in [0.1, 0.15) is 6.07 Å². The molecule has 90 valence electrons. The fraction of sp³-hybridized carbons (Fsp3) is 0.417. The number of nitrogens with zero attached hydrogens (tertiary/aromatic N) is 2. The Balaban J connectivity index is 2.41. The highest BCUT2D eigenvalue weighted by Crippen LogP contribution is 2.11. The molecule has 0 bridgehead atoms. The number of nitriles is 1. The summed E-state index contributed by atoms with van der Waals surface area (Å²) in [5, 5.41) is 14.7. The van der Waals surface area contributed by atoms with E-state index in [0.717, 1.165) is 0 Å². The van der Waals surface area contributed by atoms with Gasteiger partial charge in [0.15, 0.2) is 0 Å². The van der Waals surface area contributed by atoms with Gasteiger partial charge in [0, 0.05) is 25.2 Å². The van der Waals surface area contributed by atoms with Crippen LogP contribution in [0.4, 0.5) is 5.69 Å². The first-order valence-electron chi connectivity index (χ1n) is 5.51. The normalized spacial score (nSPS) is 9.76. The van der Waals surface area contributed by atoms with Crippen LogP contribution in [0.15, 0.2) is 18.5 Å². The Morgan fingerprint density at radius 2 is 2.35 bits per heavy atom. The van der Waals surface area contributed by atoms with Gasteiger partial charge in [-0.25, -0.2) is 0 Å². The molecular weight excluding hydrogens is 216 g/mol. The van der Waals surface area contributed by atoms with E-state index in [0.29, 0.717) is 24.2 Å². The van der Waals surface area contributed by atoms with Crippen molar-refractivity contribution in [1.82, 2.24) is 10.3 Å². The van der Waals surface area contributed by atoms with Crippen molar-refractivity contribution in [3.63, 3.8) is 0 Å². The van der Waals surface area contributed by atoms with Gasteiger partial charge in [0.2, 0.25) is 5.91 Å². The Hall–Kier alpha value is -2.09. The van der Waals surface area contributed by atoms with Gasteiger partial charge in [-0.15, -0.1) is 0 Å². The SMILES string of the molecule is CC(C)NC(=O)CCNc1cnccc1C#N. The number of carbonyl (C=O) groups is 1. The first-order valence-corrected chi connectivity index (χ1v) is 5.51. The van der Waals surface area contributed by atoms with Gasteiger partial charge in [0.25, 0.3) is 0 Å². The van der Waals surface area contributed by atoms with E-state index < -0.39 is 0 Å². The average molecular weight is 232 g/mol. The van der Waals surface area contributed by atoms with E-state index in [1.54, 1.807) is 18.5 Å². The van der Waals surface area contributed by atoms with Crippen LogP contribution in [-0.2, 0) is 4.79 Å². The zero-order chi connectivity index (χ0) is 12.7. The fourth-order valence-electron chi connectivity index (χ4n) is 1.34. The molecule has 1 amide bonds. The Morgan fingerprint density at radius 3 is 3.00 bits per heavy atom. The van der Waals surface area contributed by atoms with Gasteiger partial charge in [-0.2, -0.15) is 5.26 Å². The number of rotatable bonds is 5. The Kier molecular flexibility index (Phi) is 4.95. The van der Waals surface area contributed by atoms with E-state index in [1.807, 2.05) is 13.8 Å². The fourth-order valence-corrected chi connectivity index (χ4v) is 1.34. The van der Waals surface area contributed by atoms with Crippen LogP contribution in [0.2, 0.25) is 0 Å². The summed E-state index contributed by atoms with van der Waals surface area (Å²) in [5.74, 6) is -0.00472. The van der Waals surface area contributed by atoms with Gasteiger partial charge < -0.3 is 10.6 Å². The minimum absolute atomic E-state index is 0.00472. The van der Waals surface area contributed by atoms with Crippen molar-refractivity contribution >= 4 is 11.6 Å². The van der Waals surface area contributed by atoms with Crippen molar-refractivity contribution in [3.05, 3.63) is 24.0 Å². The summed E-state index contributed by atoms with van der Waals surface area (Å²) in [4.78, 5) is 15.3. The zero-order valence-corrected chi connectivity index (χ0v) is 10.0. The highest BCUT2D eigenvalue weighted by atomic mass is 16.1. The van der Waals surface area contributed by atoms with Crippen LogP contribution in [0.25, 0.3) is 0 Å². The number of nitrogens with one attached hydrogen (secondary N) is 2. The molecule has 0 fully saturated rings. The standard InChI is InChI=1S/C12H16N4O/c1-9(2)16-12(17)4-6-15-11-8-14-5-3-10(11)7-13/h3,5,8-9,15H,4,6H2,1-2H3,(H,16,17). The number of carbonyl (C=O) groups excluding carboxylic acids is 1. The molecule has 0 aromatic carbocycles. The lowest BCUT2D eigenvalue weighted by Crippen LogP contribution is -2.31. The van der Waals surface area contributed by atoms with Crippen molar-refractivity contribution in [1.29, 1.82) is 5.26 Å². The summed E-state index contributed by atoms with van der Waals surface area (Å²) in [7, 11) is 0. The van der Waals surface area contributed by atoms with E-state index in [4.69, 9.17) is 5.26 Å². The van der Waals surface area contributed by atoms with Crippen LogP contribution in [0.1, 0.15) is 25.8 Å². The molecule has 1 aromatic heterocycles. The summed E-state index contributed by atoms with van der Waals surface area (Å²) < 4.78 is 0. The molecule has 1 heterocycles. The third-order valence-electron chi connectivity index (χ3n) is 2.06. The first-order chi connectivity index (χ1) is 8.13. The largest absolute Gasteiger partial charge is 0.382 e. The maximum atomic E-state index is 11.4. The summed E-state index contributed by atoms with van der Waals surface area (Å²) in [5.41, 5.74) is 1.19. The third kappa shape index (κ3) is 4.51. The molecule has 0 atom stereocenters. The zero-order valence-electron chi connectivity index (χ0n) is 10.0. The molecule has 1 rings (SSSR count). The van der Waals surface area contributed by atoms with Gasteiger partial charge >= 0.3 is 0 Å². The van der Waals surface area contributed by atoms with E-state index in [1.165, 1.54) is 0 Å². The predicted octanol–water partition coefficient (Wildman–Crippen LogP) is 1.28.